The molecule has 0 aliphatic heterocycles. The average Bonchev–Trinajstić information content (AvgIpc) is 3.31. The second-order valence-corrected chi connectivity index (χ2v) is 6.89. The number of hydrogen-bond acceptors (Lipinski definition) is 2. The van der Waals surface area contributed by atoms with Crippen molar-refractivity contribution in [3.63, 3.8) is 0 Å². The topological polar surface area (TPSA) is 69.5 Å². The Morgan fingerprint density at radius 1 is 1.20 bits per heavy atom. The minimum absolute atomic E-state index is 0. The Hall–Kier alpha value is -2.62. The zero-order valence-electron chi connectivity index (χ0n) is 16.9. The number of nitrogens with one attached hydrogen (secondary N) is 3. The molecule has 0 unspecified atom stereocenters. The number of imidazole rings is 1. The zero-order chi connectivity index (χ0) is 20.1. The Bertz CT molecular complexity index is 1100. The van der Waals surface area contributed by atoms with Gasteiger partial charge in [-0.15, -0.1) is 24.0 Å². The number of hydrogen-bond donors (Lipinski definition) is 3. The largest absolute Gasteiger partial charge is 0.361 e. The zero-order valence-corrected chi connectivity index (χ0v) is 19.2. The molecule has 158 valence electrons. The fraction of sp³-hybridized carbons (Fsp3) is 0.273. The third kappa shape index (κ3) is 5.29. The molecule has 4 aromatic rings. The molecule has 0 atom stereocenters. The summed E-state index contributed by atoms with van der Waals surface area (Å²) < 4.78 is 15.5. The van der Waals surface area contributed by atoms with Crippen LogP contribution in [0.2, 0.25) is 0 Å². The monoisotopic (exact) mass is 520 g/mol. The molecule has 1 aromatic carbocycles. The molecule has 0 radical (unpaired) electrons. The van der Waals surface area contributed by atoms with Gasteiger partial charge in [-0.1, -0.05) is 6.07 Å². The number of aliphatic imine (C=N–C) groups is 1. The second kappa shape index (κ2) is 10.4. The second-order valence-electron chi connectivity index (χ2n) is 6.89. The van der Waals surface area contributed by atoms with Crippen molar-refractivity contribution in [1.29, 1.82) is 0 Å². The van der Waals surface area contributed by atoms with E-state index in [9.17, 15) is 4.39 Å². The number of benzene rings is 1. The van der Waals surface area contributed by atoms with E-state index in [4.69, 9.17) is 0 Å². The summed E-state index contributed by atoms with van der Waals surface area (Å²) in [6.07, 6.45) is 7.54. The molecule has 3 N–H and O–H groups in total. The molecule has 8 heteroatoms. The van der Waals surface area contributed by atoms with Crippen LogP contribution in [0.4, 0.5) is 4.39 Å². The fourth-order valence-electron chi connectivity index (χ4n) is 3.40. The summed E-state index contributed by atoms with van der Waals surface area (Å²) in [5.74, 6) is 0.565. The quantitative estimate of drug-likeness (QED) is 0.197. The smallest absolute Gasteiger partial charge is 0.191 e. The number of halogens is 2. The highest BCUT2D eigenvalue weighted by Gasteiger charge is 2.06. The van der Waals surface area contributed by atoms with E-state index in [2.05, 4.69) is 25.6 Å². The lowest BCUT2D eigenvalue weighted by atomic mass is 10.1. The van der Waals surface area contributed by atoms with Crippen LogP contribution in [-0.4, -0.2) is 40.0 Å². The predicted molar refractivity (Wildman–Crippen MR) is 130 cm³/mol. The number of H-pyrrole nitrogens is 1. The standard InChI is InChI=1S/C22H25FN6.HI/c1-2-24-22(26-11-9-18-15-29-12-4-3-5-21(29)28-18)25-10-8-16-14-27-20-7-6-17(23)13-19(16)20;/h3-7,12-15,27H,2,8-11H2,1H3,(H2,24,25,26);1H. The predicted octanol–water partition coefficient (Wildman–Crippen LogP) is 3.91. The lowest BCUT2D eigenvalue weighted by Gasteiger charge is -2.11. The van der Waals surface area contributed by atoms with E-state index in [0.717, 1.165) is 53.2 Å². The molecule has 6 nitrogen and oxygen atoms in total. The van der Waals surface area contributed by atoms with Crippen LogP contribution in [0.5, 0.6) is 0 Å². The van der Waals surface area contributed by atoms with Crippen LogP contribution < -0.4 is 10.6 Å². The number of aromatic nitrogens is 3. The van der Waals surface area contributed by atoms with Crippen LogP contribution in [0.15, 0.2) is 60.0 Å². The first kappa shape index (κ1) is 22.1. The first-order valence-corrected chi connectivity index (χ1v) is 9.93. The lowest BCUT2D eigenvalue weighted by molar-refractivity contribution is 0.629. The summed E-state index contributed by atoms with van der Waals surface area (Å²) >= 11 is 0. The van der Waals surface area contributed by atoms with Crippen LogP contribution in [0.1, 0.15) is 18.2 Å². The number of nitrogens with zero attached hydrogens (tertiary/aromatic N) is 3. The van der Waals surface area contributed by atoms with Crippen LogP contribution in [0, 0.1) is 5.82 Å². The number of fused-ring (bicyclic) bond motifs is 2. The molecule has 0 aliphatic rings. The highest BCUT2D eigenvalue weighted by molar-refractivity contribution is 14.0. The molecule has 3 heterocycles. The van der Waals surface area contributed by atoms with Gasteiger partial charge in [-0.3, -0.25) is 4.99 Å². The molecule has 0 aliphatic carbocycles. The maximum Gasteiger partial charge on any atom is 0.191 e. The van der Waals surface area contributed by atoms with Gasteiger partial charge in [0.05, 0.1) is 5.69 Å². The van der Waals surface area contributed by atoms with Gasteiger partial charge in [-0.25, -0.2) is 9.37 Å². The minimum Gasteiger partial charge on any atom is -0.361 e. The summed E-state index contributed by atoms with van der Waals surface area (Å²) in [6, 6.07) is 10.8. The van der Waals surface area contributed by atoms with E-state index in [1.54, 1.807) is 12.1 Å². The van der Waals surface area contributed by atoms with Crippen molar-refractivity contribution in [2.75, 3.05) is 19.6 Å². The summed E-state index contributed by atoms with van der Waals surface area (Å²) in [5.41, 5.74) is 4.02. The van der Waals surface area contributed by atoms with Gasteiger partial charge in [0, 0.05) is 55.5 Å². The Morgan fingerprint density at radius 3 is 2.93 bits per heavy atom. The minimum atomic E-state index is -0.215. The maximum absolute atomic E-state index is 13.5. The molecule has 30 heavy (non-hydrogen) atoms. The van der Waals surface area contributed by atoms with Gasteiger partial charge in [0.25, 0.3) is 0 Å². The summed E-state index contributed by atoms with van der Waals surface area (Å²) in [4.78, 5) is 12.5. The number of aromatic amines is 1. The van der Waals surface area contributed by atoms with Crippen molar-refractivity contribution in [3.05, 3.63) is 72.1 Å². The van der Waals surface area contributed by atoms with Crippen molar-refractivity contribution < 1.29 is 4.39 Å². The van der Waals surface area contributed by atoms with Crippen LogP contribution >= 0.6 is 24.0 Å². The normalized spacial score (nSPS) is 11.6. The molecule has 0 saturated carbocycles. The molecule has 0 bridgehead atoms. The molecule has 0 fully saturated rings. The van der Waals surface area contributed by atoms with Gasteiger partial charge in [-0.2, -0.15) is 0 Å². The van der Waals surface area contributed by atoms with E-state index in [1.807, 2.05) is 48.1 Å². The van der Waals surface area contributed by atoms with Crippen molar-refractivity contribution in [1.82, 2.24) is 25.0 Å². The Balaban J connectivity index is 0.00000256. The molecular formula is C22H26FIN6. The van der Waals surface area contributed by atoms with Gasteiger partial charge < -0.3 is 20.0 Å². The molecular weight excluding hydrogens is 494 g/mol. The van der Waals surface area contributed by atoms with E-state index < -0.39 is 0 Å². The summed E-state index contributed by atoms with van der Waals surface area (Å²) in [7, 11) is 0. The van der Waals surface area contributed by atoms with Gasteiger partial charge in [0.15, 0.2) is 5.96 Å². The van der Waals surface area contributed by atoms with Gasteiger partial charge in [-0.05, 0) is 49.2 Å². The third-order valence-electron chi connectivity index (χ3n) is 4.81. The van der Waals surface area contributed by atoms with Crippen molar-refractivity contribution in [3.8, 4) is 0 Å². The number of pyridine rings is 1. The van der Waals surface area contributed by atoms with Gasteiger partial charge >= 0.3 is 0 Å². The molecule has 0 saturated heterocycles. The highest BCUT2D eigenvalue weighted by atomic mass is 127. The van der Waals surface area contributed by atoms with E-state index >= 15 is 0 Å². The first-order chi connectivity index (χ1) is 14.2. The molecule has 3 aromatic heterocycles. The van der Waals surface area contributed by atoms with Crippen LogP contribution in [0.3, 0.4) is 0 Å². The molecule has 0 amide bonds. The van der Waals surface area contributed by atoms with Crippen LogP contribution in [0.25, 0.3) is 16.6 Å². The summed E-state index contributed by atoms with van der Waals surface area (Å²) in [6.45, 7) is 4.20. The van der Waals surface area contributed by atoms with E-state index in [1.165, 1.54) is 6.07 Å². The lowest BCUT2D eigenvalue weighted by Crippen LogP contribution is -2.38. The molecule has 0 spiro atoms. The van der Waals surface area contributed by atoms with Crippen molar-refractivity contribution in [2.24, 2.45) is 4.99 Å². The van der Waals surface area contributed by atoms with E-state index in [-0.39, 0.29) is 29.8 Å². The van der Waals surface area contributed by atoms with Crippen molar-refractivity contribution in [2.45, 2.75) is 19.8 Å². The Labute approximate surface area is 192 Å². The SMILES string of the molecule is CCNC(=NCCc1cn2ccccc2n1)NCCc1c[nH]c2ccc(F)cc12.I. The number of guanidine groups is 1. The fourth-order valence-corrected chi connectivity index (χ4v) is 3.40. The third-order valence-corrected chi connectivity index (χ3v) is 4.81. The van der Waals surface area contributed by atoms with Gasteiger partial charge in [0.2, 0.25) is 0 Å². The van der Waals surface area contributed by atoms with Crippen LogP contribution in [-0.2, 0) is 12.8 Å². The number of rotatable bonds is 7. The average molecular weight is 520 g/mol. The Morgan fingerprint density at radius 2 is 2.10 bits per heavy atom. The Kier molecular flexibility index (Phi) is 7.67. The van der Waals surface area contributed by atoms with Crippen molar-refractivity contribution >= 4 is 46.5 Å². The maximum atomic E-state index is 13.5. The first-order valence-electron chi connectivity index (χ1n) is 9.93. The highest BCUT2D eigenvalue weighted by Crippen LogP contribution is 2.19. The molecule has 4 rings (SSSR count). The van der Waals surface area contributed by atoms with Gasteiger partial charge in [0.1, 0.15) is 11.5 Å². The van der Waals surface area contributed by atoms with E-state index in [0.29, 0.717) is 13.1 Å². The summed E-state index contributed by atoms with van der Waals surface area (Å²) in [5, 5.41) is 7.56.